The van der Waals surface area contributed by atoms with Crippen LogP contribution >= 0.6 is 0 Å². The van der Waals surface area contributed by atoms with Gasteiger partial charge >= 0.3 is 6.18 Å². The van der Waals surface area contributed by atoms with Crippen LogP contribution in [0.15, 0.2) is 24.3 Å². The summed E-state index contributed by atoms with van der Waals surface area (Å²) in [7, 11) is 0. The fourth-order valence-corrected chi connectivity index (χ4v) is 1.13. The number of ether oxygens (including phenoxy) is 1. The summed E-state index contributed by atoms with van der Waals surface area (Å²) in [6.07, 6.45) is 1.89. The minimum Gasteiger partial charge on any atom is -0.494 e. The molecule has 0 amide bonds. The summed E-state index contributed by atoms with van der Waals surface area (Å²) in [5, 5.41) is 0. The number of benzene rings is 1. The minimum absolute atomic E-state index is 0.215. The van der Waals surface area contributed by atoms with Crippen molar-refractivity contribution in [1.29, 1.82) is 0 Å². The van der Waals surface area contributed by atoms with Gasteiger partial charge in [0, 0.05) is 6.42 Å². The van der Waals surface area contributed by atoms with E-state index in [1.807, 2.05) is 0 Å². The van der Waals surface area contributed by atoms with Crippen molar-refractivity contribution in [3.63, 3.8) is 0 Å². The maximum atomic E-state index is 12.3. The molecule has 0 unspecified atom stereocenters. The maximum absolute atomic E-state index is 12.3. The predicted molar refractivity (Wildman–Crippen MR) is 55.0 cm³/mol. The molecule has 0 atom stereocenters. The average Bonchev–Trinajstić information content (AvgIpc) is 2.24. The first-order chi connectivity index (χ1) is 7.54. The summed E-state index contributed by atoms with van der Waals surface area (Å²) in [5.41, 5.74) is -0.707. The van der Waals surface area contributed by atoms with Gasteiger partial charge in [-0.25, -0.2) is 0 Å². The third-order valence-corrected chi connectivity index (χ3v) is 1.90. The highest BCUT2D eigenvalue weighted by molar-refractivity contribution is 5.30. The quantitative estimate of drug-likeness (QED) is 0.566. The summed E-state index contributed by atoms with van der Waals surface area (Å²) in [6.45, 7) is 0.325. The van der Waals surface area contributed by atoms with Crippen molar-refractivity contribution in [2.24, 2.45) is 0 Å². The van der Waals surface area contributed by atoms with Crippen LogP contribution in [0.3, 0.4) is 0 Å². The smallest absolute Gasteiger partial charge is 0.416 e. The first kappa shape index (κ1) is 12.4. The molecule has 0 fully saturated rings. The van der Waals surface area contributed by atoms with Crippen LogP contribution in [-0.4, -0.2) is 6.61 Å². The molecule has 16 heavy (non-hydrogen) atoms. The normalized spacial score (nSPS) is 10.9. The third kappa shape index (κ3) is 3.85. The average molecular weight is 228 g/mol. The Morgan fingerprint density at radius 2 is 2.06 bits per heavy atom. The number of terminal acetylenes is 1. The largest absolute Gasteiger partial charge is 0.494 e. The van der Waals surface area contributed by atoms with Gasteiger partial charge in [-0.05, 0) is 24.6 Å². The molecule has 1 aromatic rings. The lowest BCUT2D eigenvalue weighted by molar-refractivity contribution is -0.137. The van der Waals surface area contributed by atoms with Crippen LogP contribution in [-0.2, 0) is 6.18 Å². The van der Waals surface area contributed by atoms with Gasteiger partial charge in [0.2, 0.25) is 0 Å². The summed E-state index contributed by atoms with van der Waals surface area (Å²) >= 11 is 0. The highest BCUT2D eigenvalue weighted by Crippen LogP contribution is 2.31. The summed E-state index contributed by atoms with van der Waals surface area (Å²) in [4.78, 5) is 0. The number of hydrogen-bond acceptors (Lipinski definition) is 1. The fraction of sp³-hybridized carbons (Fsp3) is 0.333. The number of hydrogen-bond donors (Lipinski definition) is 0. The monoisotopic (exact) mass is 228 g/mol. The van der Waals surface area contributed by atoms with E-state index in [0.29, 0.717) is 19.4 Å². The highest BCUT2D eigenvalue weighted by atomic mass is 19.4. The topological polar surface area (TPSA) is 9.23 Å². The first-order valence-corrected chi connectivity index (χ1v) is 4.77. The zero-order chi connectivity index (χ0) is 12.0. The van der Waals surface area contributed by atoms with Crippen molar-refractivity contribution in [2.75, 3.05) is 6.61 Å². The second kappa shape index (κ2) is 5.45. The van der Waals surface area contributed by atoms with Crippen molar-refractivity contribution >= 4 is 0 Å². The molecule has 0 aromatic heterocycles. The Balaban J connectivity index is 2.58. The maximum Gasteiger partial charge on any atom is 0.416 e. The SMILES string of the molecule is C#CCCCOc1cccc(C(F)(F)F)c1. The van der Waals surface area contributed by atoms with Gasteiger partial charge in [-0.2, -0.15) is 13.2 Å². The molecule has 4 heteroatoms. The Kier molecular flexibility index (Phi) is 4.24. The van der Waals surface area contributed by atoms with Crippen molar-refractivity contribution < 1.29 is 17.9 Å². The summed E-state index contributed by atoms with van der Waals surface area (Å²) in [6, 6.07) is 4.80. The first-order valence-electron chi connectivity index (χ1n) is 4.77. The van der Waals surface area contributed by atoms with Crippen LogP contribution in [0.4, 0.5) is 13.2 Å². The molecule has 0 radical (unpaired) electrons. The molecule has 0 aliphatic rings. The van der Waals surface area contributed by atoms with E-state index in [-0.39, 0.29) is 5.75 Å². The molecule has 0 aliphatic carbocycles. The Morgan fingerprint density at radius 1 is 1.31 bits per heavy atom. The molecule has 0 saturated carbocycles. The van der Waals surface area contributed by atoms with E-state index >= 15 is 0 Å². The van der Waals surface area contributed by atoms with Gasteiger partial charge in [0.1, 0.15) is 5.75 Å². The van der Waals surface area contributed by atoms with Gasteiger partial charge in [0.15, 0.2) is 0 Å². The standard InChI is InChI=1S/C12H11F3O/c1-2-3-4-8-16-11-7-5-6-10(9-11)12(13,14)15/h1,5-7,9H,3-4,8H2. The third-order valence-electron chi connectivity index (χ3n) is 1.90. The van der Waals surface area contributed by atoms with Crippen LogP contribution < -0.4 is 4.74 Å². The molecule has 0 bridgehead atoms. The van der Waals surface area contributed by atoms with Gasteiger partial charge < -0.3 is 4.74 Å². The molecule has 0 N–H and O–H groups in total. The van der Waals surface area contributed by atoms with E-state index in [1.54, 1.807) is 0 Å². The lowest BCUT2D eigenvalue weighted by Crippen LogP contribution is -2.05. The molecule has 0 aliphatic heterocycles. The van der Waals surface area contributed by atoms with Crippen molar-refractivity contribution in [1.82, 2.24) is 0 Å². The number of halogens is 3. The van der Waals surface area contributed by atoms with Crippen molar-refractivity contribution in [3.05, 3.63) is 29.8 Å². The Morgan fingerprint density at radius 3 is 2.69 bits per heavy atom. The predicted octanol–water partition coefficient (Wildman–Crippen LogP) is 3.50. The second-order valence-electron chi connectivity index (χ2n) is 3.18. The van der Waals surface area contributed by atoms with E-state index in [9.17, 15) is 13.2 Å². The Bertz CT molecular complexity index is 377. The molecular weight excluding hydrogens is 217 g/mol. The molecule has 0 saturated heterocycles. The lowest BCUT2D eigenvalue weighted by Gasteiger charge is -2.09. The molecular formula is C12H11F3O. The van der Waals surface area contributed by atoms with Crippen LogP contribution in [0.2, 0.25) is 0 Å². The zero-order valence-electron chi connectivity index (χ0n) is 8.55. The van der Waals surface area contributed by atoms with Gasteiger partial charge in [-0.3, -0.25) is 0 Å². The van der Waals surface area contributed by atoms with Gasteiger partial charge in [-0.15, -0.1) is 12.3 Å². The van der Waals surface area contributed by atoms with Gasteiger partial charge in [0.05, 0.1) is 12.2 Å². The van der Waals surface area contributed by atoms with Crippen LogP contribution in [0.5, 0.6) is 5.75 Å². The van der Waals surface area contributed by atoms with Crippen LogP contribution in [0.1, 0.15) is 18.4 Å². The van der Waals surface area contributed by atoms with Crippen molar-refractivity contribution in [3.8, 4) is 18.1 Å². The molecule has 86 valence electrons. The van der Waals surface area contributed by atoms with Crippen LogP contribution in [0, 0.1) is 12.3 Å². The summed E-state index contributed by atoms with van der Waals surface area (Å²) in [5.74, 6) is 2.64. The second-order valence-corrected chi connectivity index (χ2v) is 3.18. The lowest BCUT2D eigenvalue weighted by atomic mass is 10.2. The summed E-state index contributed by atoms with van der Waals surface area (Å²) < 4.78 is 42.1. The van der Waals surface area contributed by atoms with E-state index in [4.69, 9.17) is 11.2 Å². The van der Waals surface area contributed by atoms with E-state index in [0.717, 1.165) is 12.1 Å². The Labute approximate surface area is 92.2 Å². The number of unbranched alkanes of at least 4 members (excludes halogenated alkanes) is 1. The number of alkyl halides is 3. The Hall–Kier alpha value is -1.63. The van der Waals surface area contributed by atoms with Crippen molar-refractivity contribution in [2.45, 2.75) is 19.0 Å². The van der Waals surface area contributed by atoms with Crippen LogP contribution in [0.25, 0.3) is 0 Å². The fourth-order valence-electron chi connectivity index (χ4n) is 1.13. The number of rotatable bonds is 4. The van der Waals surface area contributed by atoms with Gasteiger partial charge in [-0.1, -0.05) is 6.07 Å². The molecule has 1 nitrogen and oxygen atoms in total. The van der Waals surface area contributed by atoms with E-state index in [2.05, 4.69) is 5.92 Å². The van der Waals surface area contributed by atoms with E-state index in [1.165, 1.54) is 12.1 Å². The van der Waals surface area contributed by atoms with E-state index < -0.39 is 11.7 Å². The van der Waals surface area contributed by atoms with Gasteiger partial charge in [0.25, 0.3) is 0 Å². The molecule has 0 heterocycles. The molecule has 1 aromatic carbocycles. The highest BCUT2D eigenvalue weighted by Gasteiger charge is 2.30. The minimum atomic E-state index is -4.34. The molecule has 0 spiro atoms. The molecule has 1 rings (SSSR count). The zero-order valence-corrected chi connectivity index (χ0v) is 8.55.